The van der Waals surface area contributed by atoms with E-state index in [0.717, 1.165) is 17.1 Å². The van der Waals surface area contributed by atoms with Crippen molar-refractivity contribution in [2.24, 2.45) is 0 Å². The first-order valence-electron chi connectivity index (χ1n) is 21.8. The molecule has 62 heavy (non-hydrogen) atoms. The summed E-state index contributed by atoms with van der Waals surface area (Å²) in [5, 5.41) is 2.57. The van der Waals surface area contributed by atoms with Gasteiger partial charge in [-0.1, -0.05) is 161 Å². The van der Waals surface area contributed by atoms with Crippen molar-refractivity contribution < 1.29 is 0 Å². The lowest BCUT2D eigenvalue weighted by Gasteiger charge is -2.28. The van der Waals surface area contributed by atoms with E-state index in [4.69, 9.17) is 0 Å². The van der Waals surface area contributed by atoms with Gasteiger partial charge < -0.3 is 9.47 Å². The van der Waals surface area contributed by atoms with Crippen molar-refractivity contribution in [2.75, 3.05) is 4.90 Å². The number of benzene rings is 9. The molecule has 0 saturated carbocycles. The van der Waals surface area contributed by atoms with Gasteiger partial charge in [0.15, 0.2) is 0 Å². The molecule has 2 aliphatic rings. The topological polar surface area (TPSA) is 8.17 Å². The molecule has 0 amide bonds. The summed E-state index contributed by atoms with van der Waals surface area (Å²) in [4.78, 5) is 2.42. The molecule has 9 aromatic carbocycles. The monoisotopic (exact) mass is 794 g/mol. The van der Waals surface area contributed by atoms with E-state index in [1.54, 1.807) is 0 Å². The zero-order valence-electron chi connectivity index (χ0n) is 35.5. The summed E-state index contributed by atoms with van der Waals surface area (Å²) < 4.78 is 2.45. The molecule has 0 unspecified atom stereocenters. The standard InChI is InChI=1S/C60H46N2/c1-59(2)53-34-32-45(62-57-21-13-11-19-48(57)49-20-12-14-22-58(49)62)35-50(53)52-38-55-51(37-56(52)59)47-33-31-46(36-54(47)60(55,3)4)61(43-27-23-41(24-28-43)39-15-7-5-8-16-39)44-29-25-42(26-30-44)40-17-9-6-10-18-40/h5-38H,1-4H3. The Balaban J connectivity index is 0.968. The number of anilines is 3. The smallest absolute Gasteiger partial charge is 0.0541 e. The fourth-order valence-electron chi connectivity index (χ4n) is 10.7. The molecular weight excluding hydrogens is 749 g/mol. The summed E-state index contributed by atoms with van der Waals surface area (Å²) in [7, 11) is 0. The van der Waals surface area contributed by atoms with Crippen LogP contribution in [0.15, 0.2) is 206 Å². The van der Waals surface area contributed by atoms with Gasteiger partial charge in [-0.15, -0.1) is 0 Å². The van der Waals surface area contributed by atoms with Gasteiger partial charge in [-0.05, 0) is 140 Å². The molecule has 2 aliphatic carbocycles. The third-order valence-corrected chi connectivity index (χ3v) is 14.0. The first-order valence-corrected chi connectivity index (χ1v) is 21.8. The van der Waals surface area contributed by atoms with E-state index < -0.39 is 0 Å². The number of fused-ring (bicyclic) bond motifs is 9. The Kier molecular flexibility index (Phi) is 7.96. The lowest BCUT2D eigenvalue weighted by molar-refractivity contribution is 0.652. The number of para-hydroxylation sites is 2. The average Bonchev–Trinajstić information content (AvgIpc) is 3.85. The highest BCUT2D eigenvalue weighted by Crippen LogP contribution is 2.57. The first kappa shape index (κ1) is 36.4. The molecule has 1 aromatic heterocycles. The number of aromatic nitrogens is 1. The molecule has 2 heteroatoms. The Hall–Kier alpha value is -7.42. The molecule has 0 saturated heterocycles. The molecule has 0 spiro atoms. The van der Waals surface area contributed by atoms with Crippen molar-refractivity contribution in [3.05, 3.63) is 229 Å². The van der Waals surface area contributed by atoms with Crippen LogP contribution in [0, 0.1) is 0 Å². The summed E-state index contributed by atoms with van der Waals surface area (Å²) >= 11 is 0. The highest BCUT2D eigenvalue weighted by Gasteiger charge is 2.42. The van der Waals surface area contributed by atoms with Crippen LogP contribution in [-0.2, 0) is 10.8 Å². The zero-order chi connectivity index (χ0) is 41.7. The maximum atomic E-state index is 2.54. The van der Waals surface area contributed by atoms with Crippen LogP contribution in [0.25, 0.3) is 72.0 Å². The lowest BCUT2D eigenvalue weighted by Crippen LogP contribution is -2.17. The number of nitrogens with zero attached hydrogens (tertiary/aromatic N) is 2. The van der Waals surface area contributed by atoms with Gasteiger partial charge in [0.05, 0.1) is 11.0 Å². The van der Waals surface area contributed by atoms with Crippen LogP contribution in [-0.4, -0.2) is 4.57 Å². The van der Waals surface area contributed by atoms with Crippen LogP contribution in [0.5, 0.6) is 0 Å². The molecule has 0 fully saturated rings. The van der Waals surface area contributed by atoms with Gasteiger partial charge in [0.25, 0.3) is 0 Å². The van der Waals surface area contributed by atoms with Crippen molar-refractivity contribution in [3.63, 3.8) is 0 Å². The van der Waals surface area contributed by atoms with Crippen molar-refractivity contribution in [1.82, 2.24) is 4.57 Å². The number of hydrogen-bond acceptors (Lipinski definition) is 1. The normalized spacial score (nSPS) is 14.1. The predicted molar refractivity (Wildman–Crippen MR) is 261 cm³/mol. The van der Waals surface area contributed by atoms with Crippen LogP contribution in [0.1, 0.15) is 49.9 Å². The third-order valence-electron chi connectivity index (χ3n) is 14.0. The molecule has 296 valence electrons. The van der Waals surface area contributed by atoms with Gasteiger partial charge in [-0.2, -0.15) is 0 Å². The van der Waals surface area contributed by atoms with Crippen LogP contribution >= 0.6 is 0 Å². The van der Waals surface area contributed by atoms with E-state index in [2.05, 4.69) is 243 Å². The Morgan fingerprint density at radius 2 is 0.742 bits per heavy atom. The lowest BCUT2D eigenvalue weighted by atomic mass is 9.79. The SMILES string of the molecule is CC1(C)c2ccc(-n3c4ccccc4c4ccccc43)cc2-c2cc3c(cc21)-c1ccc(N(c2ccc(-c4ccccc4)cc2)c2ccc(-c4ccccc4)cc2)cc1C3(C)C. The number of rotatable bonds is 6. The molecular formula is C60H46N2. The second-order valence-electron chi connectivity index (χ2n) is 18.2. The molecule has 0 atom stereocenters. The van der Waals surface area contributed by atoms with E-state index in [-0.39, 0.29) is 10.8 Å². The fraction of sp³-hybridized carbons (Fsp3) is 0.100. The van der Waals surface area contributed by atoms with Crippen molar-refractivity contribution in [3.8, 4) is 50.2 Å². The molecule has 0 radical (unpaired) electrons. The van der Waals surface area contributed by atoms with Gasteiger partial charge in [-0.3, -0.25) is 0 Å². The van der Waals surface area contributed by atoms with Gasteiger partial charge in [0, 0.05) is 44.4 Å². The Bertz CT molecular complexity index is 3230. The first-order chi connectivity index (χ1) is 30.3. The minimum Gasteiger partial charge on any atom is -0.310 e. The maximum Gasteiger partial charge on any atom is 0.0541 e. The minimum atomic E-state index is -0.215. The maximum absolute atomic E-state index is 2.54. The third kappa shape index (κ3) is 5.43. The second kappa shape index (κ2) is 13.5. The highest BCUT2D eigenvalue weighted by atomic mass is 15.1. The summed E-state index contributed by atoms with van der Waals surface area (Å²) in [5.74, 6) is 0. The van der Waals surface area contributed by atoms with Gasteiger partial charge in [-0.25, -0.2) is 0 Å². The molecule has 10 aromatic rings. The summed E-state index contributed by atoms with van der Waals surface area (Å²) in [6.07, 6.45) is 0. The quantitative estimate of drug-likeness (QED) is 0.163. The molecule has 0 aliphatic heterocycles. The van der Waals surface area contributed by atoms with Crippen molar-refractivity contribution in [1.29, 1.82) is 0 Å². The van der Waals surface area contributed by atoms with E-state index in [1.165, 1.54) is 94.3 Å². The van der Waals surface area contributed by atoms with Gasteiger partial charge in [0.2, 0.25) is 0 Å². The van der Waals surface area contributed by atoms with Crippen molar-refractivity contribution >= 4 is 38.9 Å². The van der Waals surface area contributed by atoms with Gasteiger partial charge in [0.1, 0.15) is 0 Å². The second-order valence-corrected chi connectivity index (χ2v) is 18.2. The van der Waals surface area contributed by atoms with Crippen LogP contribution in [0.2, 0.25) is 0 Å². The molecule has 0 N–H and O–H groups in total. The minimum absolute atomic E-state index is 0.138. The summed E-state index contributed by atoms with van der Waals surface area (Å²) in [6, 6.07) is 76.3. The Morgan fingerprint density at radius 1 is 0.323 bits per heavy atom. The van der Waals surface area contributed by atoms with E-state index in [1.807, 2.05) is 0 Å². The van der Waals surface area contributed by atoms with E-state index in [9.17, 15) is 0 Å². The Morgan fingerprint density at radius 3 is 1.29 bits per heavy atom. The fourth-order valence-corrected chi connectivity index (χ4v) is 10.7. The molecule has 12 rings (SSSR count). The number of hydrogen-bond donors (Lipinski definition) is 0. The Labute approximate surface area is 364 Å². The van der Waals surface area contributed by atoms with E-state index >= 15 is 0 Å². The zero-order valence-corrected chi connectivity index (χ0v) is 35.5. The predicted octanol–water partition coefficient (Wildman–Crippen LogP) is 16.2. The molecule has 1 heterocycles. The van der Waals surface area contributed by atoms with E-state index in [0.29, 0.717) is 0 Å². The van der Waals surface area contributed by atoms with Crippen LogP contribution in [0.3, 0.4) is 0 Å². The highest BCUT2D eigenvalue weighted by molar-refractivity contribution is 6.09. The molecule has 0 bridgehead atoms. The average molecular weight is 795 g/mol. The van der Waals surface area contributed by atoms with Crippen LogP contribution < -0.4 is 4.90 Å². The summed E-state index contributed by atoms with van der Waals surface area (Å²) in [5.41, 5.74) is 22.5. The van der Waals surface area contributed by atoms with Crippen LogP contribution in [0.4, 0.5) is 17.1 Å². The molecule has 2 nitrogen and oxygen atoms in total. The summed E-state index contributed by atoms with van der Waals surface area (Å²) in [6.45, 7) is 9.63. The van der Waals surface area contributed by atoms with Crippen molar-refractivity contribution in [2.45, 2.75) is 38.5 Å². The largest absolute Gasteiger partial charge is 0.310 e. The van der Waals surface area contributed by atoms with Gasteiger partial charge >= 0.3 is 0 Å².